The van der Waals surface area contributed by atoms with Gasteiger partial charge in [-0.05, 0) is 42.9 Å². The van der Waals surface area contributed by atoms with E-state index < -0.39 is 10.0 Å². The largest absolute Gasteiger partial charge is 0.331 e. The lowest BCUT2D eigenvalue weighted by molar-refractivity contribution is -0.121. The monoisotopic (exact) mass is 428 g/mol. The number of anilines is 1. The minimum atomic E-state index is -3.72. The number of sulfonamides is 1. The van der Waals surface area contributed by atoms with E-state index in [0.717, 1.165) is 12.8 Å². The molecule has 5 N–H and O–H groups in total. The Morgan fingerprint density at radius 2 is 1.46 bits per heavy atom. The van der Waals surface area contributed by atoms with E-state index in [9.17, 15) is 13.2 Å². The second kappa shape index (κ2) is 13.5. The molecule has 0 unspecified atom stereocenters. The van der Waals surface area contributed by atoms with Crippen molar-refractivity contribution >= 4 is 38.9 Å². The van der Waals surface area contributed by atoms with Crippen molar-refractivity contribution in [2.45, 2.75) is 76.0 Å². The van der Waals surface area contributed by atoms with Crippen molar-refractivity contribution in [1.82, 2.24) is 10.9 Å². The minimum absolute atomic E-state index is 0.0196. The molecule has 0 atom stereocenters. The molecule has 0 aliphatic rings. The van der Waals surface area contributed by atoms with Crippen molar-refractivity contribution in [1.29, 1.82) is 0 Å². The first kappa shape index (κ1) is 24.3. The highest BCUT2D eigenvalue weighted by atomic mass is 32.2. The molecule has 0 aliphatic heterocycles. The highest BCUT2D eigenvalue weighted by Gasteiger charge is 2.07. The number of nitrogens with two attached hydrogens (primary N) is 1. The molecule has 0 spiro atoms. The van der Waals surface area contributed by atoms with Gasteiger partial charge in [-0.15, -0.1) is 0 Å². The van der Waals surface area contributed by atoms with Gasteiger partial charge in [0.2, 0.25) is 15.9 Å². The van der Waals surface area contributed by atoms with Crippen LogP contribution >= 0.6 is 12.2 Å². The number of unbranched alkanes of at least 4 members (excludes halogenated alkanes) is 8. The summed E-state index contributed by atoms with van der Waals surface area (Å²) < 4.78 is 22.4. The van der Waals surface area contributed by atoms with Crippen LogP contribution in [0.2, 0.25) is 0 Å². The highest BCUT2D eigenvalue weighted by Crippen LogP contribution is 2.12. The first-order valence-electron chi connectivity index (χ1n) is 9.81. The van der Waals surface area contributed by atoms with Crippen molar-refractivity contribution in [3.63, 3.8) is 0 Å². The summed E-state index contributed by atoms with van der Waals surface area (Å²) in [6.45, 7) is 2.22. The Kier molecular flexibility index (Phi) is 11.7. The summed E-state index contributed by atoms with van der Waals surface area (Å²) in [5, 5.41) is 8.11. The fourth-order valence-electron chi connectivity index (χ4n) is 2.68. The lowest BCUT2D eigenvalue weighted by Gasteiger charge is -2.12. The molecule has 1 aromatic rings. The molecule has 28 heavy (non-hydrogen) atoms. The molecular weight excluding hydrogens is 396 g/mol. The number of benzene rings is 1. The van der Waals surface area contributed by atoms with Crippen LogP contribution in [-0.4, -0.2) is 19.4 Å². The highest BCUT2D eigenvalue weighted by molar-refractivity contribution is 7.89. The number of hydrazine groups is 1. The van der Waals surface area contributed by atoms with Crippen LogP contribution in [0.25, 0.3) is 0 Å². The third-order valence-corrected chi connectivity index (χ3v) is 5.40. The van der Waals surface area contributed by atoms with Gasteiger partial charge in [-0.3, -0.25) is 15.6 Å². The summed E-state index contributed by atoms with van der Waals surface area (Å²) in [7, 11) is -3.72. The molecule has 7 nitrogen and oxygen atoms in total. The number of amides is 1. The van der Waals surface area contributed by atoms with E-state index in [1.807, 2.05) is 0 Å². The number of hydrogen-bond donors (Lipinski definition) is 4. The third-order valence-electron chi connectivity index (χ3n) is 4.26. The zero-order valence-corrected chi connectivity index (χ0v) is 18.1. The zero-order valence-electron chi connectivity index (χ0n) is 16.5. The maximum atomic E-state index is 11.8. The van der Waals surface area contributed by atoms with Crippen LogP contribution in [0.3, 0.4) is 0 Å². The molecule has 158 valence electrons. The zero-order chi connectivity index (χ0) is 20.8. The van der Waals surface area contributed by atoms with E-state index in [1.54, 1.807) is 0 Å². The Bertz CT molecular complexity index is 706. The van der Waals surface area contributed by atoms with Gasteiger partial charge in [0.05, 0.1) is 4.90 Å². The van der Waals surface area contributed by atoms with Crippen LogP contribution in [0.4, 0.5) is 5.69 Å². The molecule has 0 aromatic heterocycles. The van der Waals surface area contributed by atoms with Gasteiger partial charge in [-0.1, -0.05) is 58.3 Å². The Morgan fingerprint density at radius 3 is 2.00 bits per heavy atom. The summed E-state index contributed by atoms with van der Waals surface area (Å²) in [6, 6.07) is 5.83. The number of nitrogens with one attached hydrogen (secondary N) is 3. The standard InChI is InChI=1S/C19H32N4O3S2/c1-2-3-4-5-6-7-8-9-10-11-18(24)22-23-19(27)21-16-12-14-17(15-13-16)28(20,25)26/h12-15H,2-11H2,1H3,(H,22,24)(H2,20,25,26)(H2,21,23,27). The molecule has 0 bridgehead atoms. The molecule has 0 saturated heterocycles. The number of hydrogen-bond acceptors (Lipinski definition) is 4. The lowest BCUT2D eigenvalue weighted by Crippen LogP contribution is -2.43. The Labute approximate surface area is 173 Å². The number of carbonyl (C=O) groups excluding carboxylic acids is 1. The van der Waals surface area contributed by atoms with Crippen molar-refractivity contribution in [3.05, 3.63) is 24.3 Å². The van der Waals surface area contributed by atoms with Gasteiger partial charge in [0.15, 0.2) is 5.11 Å². The van der Waals surface area contributed by atoms with E-state index >= 15 is 0 Å². The van der Waals surface area contributed by atoms with Crippen LogP contribution in [0.5, 0.6) is 0 Å². The number of carbonyl (C=O) groups is 1. The topological polar surface area (TPSA) is 113 Å². The summed E-state index contributed by atoms with van der Waals surface area (Å²) in [5.74, 6) is -0.114. The predicted octanol–water partition coefficient (Wildman–Crippen LogP) is 3.57. The number of rotatable bonds is 12. The molecular formula is C19H32N4O3S2. The van der Waals surface area contributed by atoms with E-state index in [2.05, 4.69) is 23.1 Å². The van der Waals surface area contributed by atoms with Gasteiger partial charge in [0.25, 0.3) is 0 Å². The second-order valence-corrected chi connectivity index (χ2v) is 8.74. The summed E-state index contributed by atoms with van der Waals surface area (Å²) in [5.41, 5.74) is 5.77. The fraction of sp³-hybridized carbons (Fsp3) is 0.579. The van der Waals surface area contributed by atoms with Crippen LogP contribution in [0, 0.1) is 0 Å². The molecule has 1 amide bonds. The Morgan fingerprint density at radius 1 is 0.929 bits per heavy atom. The Balaban J connectivity index is 2.12. The average Bonchev–Trinajstić information content (AvgIpc) is 2.65. The summed E-state index contributed by atoms with van der Waals surface area (Å²) >= 11 is 5.09. The number of thiocarbonyl (C=S) groups is 1. The van der Waals surface area contributed by atoms with E-state index in [1.165, 1.54) is 69.2 Å². The van der Waals surface area contributed by atoms with E-state index in [-0.39, 0.29) is 15.9 Å². The maximum absolute atomic E-state index is 11.8. The SMILES string of the molecule is CCCCCCCCCCCC(=O)NNC(=S)Nc1ccc(S(N)(=O)=O)cc1. The van der Waals surface area contributed by atoms with Gasteiger partial charge in [-0.2, -0.15) is 0 Å². The molecule has 0 radical (unpaired) electrons. The van der Waals surface area contributed by atoms with Crippen LogP contribution in [-0.2, 0) is 14.8 Å². The van der Waals surface area contributed by atoms with Crippen LogP contribution in [0.15, 0.2) is 29.2 Å². The Hall–Kier alpha value is -1.71. The molecule has 0 aliphatic carbocycles. The molecule has 0 fully saturated rings. The average molecular weight is 429 g/mol. The molecule has 0 saturated carbocycles. The van der Waals surface area contributed by atoms with Crippen LogP contribution in [0.1, 0.15) is 71.1 Å². The van der Waals surface area contributed by atoms with E-state index in [0.29, 0.717) is 12.1 Å². The minimum Gasteiger partial charge on any atom is -0.331 e. The smallest absolute Gasteiger partial charge is 0.238 e. The molecule has 9 heteroatoms. The first-order valence-corrected chi connectivity index (χ1v) is 11.8. The molecule has 0 heterocycles. The fourth-order valence-corrected chi connectivity index (χ4v) is 3.36. The molecule has 1 aromatic carbocycles. The van der Waals surface area contributed by atoms with Gasteiger partial charge in [0.1, 0.15) is 0 Å². The van der Waals surface area contributed by atoms with Gasteiger partial charge in [-0.25, -0.2) is 13.6 Å². The maximum Gasteiger partial charge on any atom is 0.238 e. The van der Waals surface area contributed by atoms with Crippen molar-refractivity contribution in [3.8, 4) is 0 Å². The first-order chi connectivity index (χ1) is 13.3. The number of primary sulfonamides is 1. The summed E-state index contributed by atoms with van der Waals surface area (Å²) in [4.78, 5) is 11.8. The summed E-state index contributed by atoms with van der Waals surface area (Å²) in [6.07, 6.45) is 11.3. The van der Waals surface area contributed by atoms with Gasteiger partial charge < -0.3 is 5.32 Å². The normalized spacial score (nSPS) is 11.1. The lowest BCUT2D eigenvalue weighted by atomic mass is 10.1. The van der Waals surface area contributed by atoms with Crippen molar-refractivity contribution < 1.29 is 13.2 Å². The van der Waals surface area contributed by atoms with Crippen LogP contribution < -0.4 is 21.3 Å². The van der Waals surface area contributed by atoms with E-state index in [4.69, 9.17) is 17.4 Å². The quantitative estimate of drug-likeness (QED) is 0.230. The van der Waals surface area contributed by atoms with Crippen molar-refractivity contribution in [2.75, 3.05) is 5.32 Å². The van der Waals surface area contributed by atoms with Gasteiger partial charge >= 0.3 is 0 Å². The second-order valence-electron chi connectivity index (χ2n) is 6.78. The van der Waals surface area contributed by atoms with Gasteiger partial charge in [0, 0.05) is 12.1 Å². The predicted molar refractivity (Wildman–Crippen MR) is 117 cm³/mol. The molecule has 1 rings (SSSR count). The van der Waals surface area contributed by atoms with Crippen molar-refractivity contribution in [2.24, 2.45) is 5.14 Å². The third kappa shape index (κ3) is 11.2.